The lowest BCUT2D eigenvalue weighted by Crippen LogP contribution is -2.40. The van der Waals surface area contributed by atoms with Gasteiger partial charge in [-0.25, -0.2) is 0 Å². The quantitative estimate of drug-likeness (QED) is 0.583. The summed E-state index contributed by atoms with van der Waals surface area (Å²) in [5.41, 5.74) is 0.204. The van der Waals surface area contributed by atoms with Gasteiger partial charge in [0.15, 0.2) is 0 Å². The lowest BCUT2D eigenvalue weighted by Gasteiger charge is -2.23. The molecule has 0 unspecified atom stereocenters. The SMILES string of the molecule is O=C1CCCCC(=O)N1CC1(CBr)CC1. The Labute approximate surface area is 98.3 Å². The third-order valence-corrected chi connectivity index (χ3v) is 4.56. The first-order chi connectivity index (χ1) is 7.17. The van der Waals surface area contributed by atoms with Crippen LogP contribution >= 0.6 is 15.9 Å². The number of halogens is 1. The second kappa shape index (κ2) is 4.24. The largest absolute Gasteiger partial charge is 0.282 e. The van der Waals surface area contributed by atoms with E-state index in [1.165, 1.54) is 4.90 Å². The maximum Gasteiger partial charge on any atom is 0.229 e. The fourth-order valence-corrected chi connectivity index (χ4v) is 2.72. The van der Waals surface area contributed by atoms with Crippen molar-refractivity contribution in [3.8, 4) is 0 Å². The van der Waals surface area contributed by atoms with Crippen molar-refractivity contribution in [2.45, 2.75) is 38.5 Å². The third-order valence-electron chi connectivity index (χ3n) is 3.37. The third kappa shape index (κ3) is 2.41. The smallest absolute Gasteiger partial charge is 0.229 e. The summed E-state index contributed by atoms with van der Waals surface area (Å²) in [4.78, 5) is 25.0. The van der Waals surface area contributed by atoms with Crippen LogP contribution in [-0.2, 0) is 9.59 Å². The molecule has 1 heterocycles. The van der Waals surface area contributed by atoms with Crippen LogP contribution in [0, 0.1) is 5.41 Å². The summed E-state index contributed by atoms with van der Waals surface area (Å²) in [7, 11) is 0. The van der Waals surface area contributed by atoms with E-state index in [4.69, 9.17) is 0 Å². The van der Waals surface area contributed by atoms with E-state index in [1.54, 1.807) is 0 Å². The number of alkyl halides is 1. The zero-order valence-corrected chi connectivity index (χ0v) is 10.4. The molecule has 2 aliphatic rings. The number of nitrogens with zero attached hydrogens (tertiary/aromatic N) is 1. The molecule has 15 heavy (non-hydrogen) atoms. The maximum atomic E-state index is 11.7. The van der Waals surface area contributed by atoms with Crippen molar-refractivity contribution >= 4 is 27.7 Å². The van der Waals surface area contributed by atoms with E-state index in [1.807, 2.05) is 0 Å². The molecular formula is C11H16BrNO2. The number of hydrogen-bond acceptors (Lipinski definition) is 2. The van der Waals surface area contributed by atoms with E-state index in [0.29, 0.717) is 19.4 Å². The highest BCUT2D eigenvalue weighted by atomic mass is 79.9. The summed E-state index contributed by atoms with van der Waals surface area (Å²) < 4.78 is 0. The molecule has 2 fully saturated rings. The van der Waals surface area contributed by atoms with E-state index >= 15 is 0 Å². The van der Waals surface area contributed by atoms with Crippen LogP contribution in [0.2, 0.25) is 0 Å². The Bertz CT molecular complexity index is 268. The molecule has 0 aromatic rings. The fraction of sp³-hybridized carbons (Fsp3) is 0.818. The van der Waals surface area contributed by atoms with E-state index in [-0.39, 0.29) is 17.2 Å². The highest BCUT2D eigenvalue weighted by Crippen LogP contribution is 2.47. The molecule has 1 aliphatic carbocycles. The molecule has 2 amide bonds. The maximum absolute atomic E-state index is 11.7. The minimum Gasteiger partial charge on any atom is -0.282 e. The van der Waals surface area contributed by atoms with Crippen LogP contribution in [0.3, 0.4) is 0 Å². The van der Waals surface area contributed by atoms with Crippen LogP contribution in [-0.4, -0.2) is 28.6 Å². The van der Waals surface area contributed by atoms with Crippen LogP contribution in [0.4, 0.5) is 0 Å². The Hall–Kier alpha value is -0.380. The number of amides is 2. The Kier molecular flexibility index (Phi) is 3.14. The van der Waals surface area contributed by atoms with E-state index in [2.05, 4.69) is 15.9 Å². The van der Waals surface area contributed by atoms with Crippen molar-refractivity contribution in [3.63, 3.8) is 0 Å². The number of carbonyl (C=O) groups excluding carboxylic acids is 2. The predicted octanol–water partition coefficient (Wildman–Crippen LogP) is 2.09. The normalized spacial score (nSPS) is 25.3. The van der Waals surface area contributed by atoms with Gasteiger partial charge in [0.05, 0.1) is 0 Å². The summed E-state index contributed by atoms with van der Waals surface area (Å²) in [5.74, 6) is 0.0643. The van der Waals surface area contributed by atoms with Crippen molar-refractivity contribution in [2.75, 3.05) is 11.9 Å². The molecule has 0 radical (unpaired) electrons. The molecule has 0 spiro atoms. The summed E-state index contributed by atoms with van der Waals surface area (Å²) in [6, 6.07) is 0. The number of imide groups is 1. The summed E-state index contributed by atoms with van der Waals surface area (Å²) in [6.45, 7) is 0.635. The first-order valence-corrected chi connectivity index (χ1v) is 6.68. The number of likely N-dealkylation sites (tertiary alicyclic amines) is 1. The van der Waals surface area contributed by atoms with Gasteiger partial charge in [0.1, 0.15) is 0 Å². The van der Waals surface area contributed by atoms with Crippen molar-refractivity contribution in [2.24, 2.45) is 5.41 Å². The van der Waals surface area contributed by atoms with E-state index < -0.39 is 0 Å². The van der Waals surface area contributed by atoms with Gasteiger partial charge < -0.3 is 0 Å². The Morgan fingerprint density at radius 1 is 1.13 bits per heavy atom. The lowest BCUT2D eigenvalue weighted by molar-refractivity contribution is -0.144. The van der Waals surface area contributed by atoms with Crippen molar-refractivity contribution in [1.29, 1.82) is 0 Å². The second-order valence-electron chi connectivity index (χ2n) is 4.71. The van der Waals surface area contributed by atoms with Crippen LogP contribution < -0.4 is 0 Å². The van der Waals surface area contributed by atoms with E-state index in [0.717, 1.165) is 31.0 Å². The molecule has 4 heteroatoms. The molecular weight excluding hydrogens is 258 g/mol. The molecule has 1 aliphatic heterocycles. The molecule has 0 atom stereocenters. The predicted molar refractivity (Wildman–Crippen MR) is 60.6 cm³/mol. The Morgan fingerprint density at radius 2 is 1.67 bits per heavy atom. The minimum absolute atomic E-state index is 0.0322. The molecule has 1 saturated carbocycles. The monoisotopic (exact) mass is 273 g/mol. The van der Waals surface area contributed by atoms with Gasteiger partial charge in [0.25, 0.3) is 0 Å². The Balaban J connectivity index is 2.04. The zero-order chi connectivity index (χ0) is 10.9. The summed E-state index contributed by atoms with van der Waals surface area (Å²) >= 11 is 3.47. The molecule has 0 aromatic heterocycles. The highest BCUT2D eigenvalue weighted by molar-refractivity contribution is 9.09. The molecule has 1 saturated heterocycles. The van der Waals surface area contributed by atoms with Crippen LogP contribution in [0.1, 0.15) is 38.5 Å². The molecule has 0 bridgehead atoms. The zero-order valence-electron chi connectivity index (χ0n) is 8.80. The standard InChI is InChI=1S/C11H16BrNO2/c12-7-11(5-6-11)8-13-9(14)3-1-2-4-10(13)15/h1-8H2. The van der Waals surface area contributed by atoms with Gasteiger partial charge in [-0.15, -0.1) is 0 Å². The van der Waals surface area contributed by atoms with Crippen LogP contribution in [0.25, 0.3) is 0 Å². The molecule has 84 valence electrons. The van der Waals surface area contributed by atoms with Gasteiger partial charge in [0, 0.05) is 24.7 Å². The van der Waals surface area contributed by atoms with Crippen molar-refractivity contribution in [1.82, 2.24) is 4.90 Å². The molecule has 0 aromatic carbocycles. The highest BCUT2D eigenvalue weighted by Gasteiger charge is 2.45. The molecule has 2 rings (SSSR count). The average molecular weight is 274 g/mol. The average Bonchev–Trinajstić information content (AvgIpc) is 3.01. The first kappa shape index (κ1) is 11.1. The summed E-state index contributed by atoms with van der Waals surface area (Å²) in [5, 5.41) is 0.900. The van der Waals surface area contributed by atoms with Gasteiger partial charge in [-0.1, -0.05) is 15.9 Å². The summed E-state index contributed by atoms with van der Waals surface area (Å²) in [6.07, 6.45) is 5.09. The Morgan fingerprint density at radius 3 is 2.07 bits per heavy atom. The number of rotatable bonds is 3. The van der Waals surface area contributed by atoms with Crippen molar-refractivity contribution < 1.29 is 9.59 Å². The topological polar surface area (TPSA) is 37.4 Å². The molecule has 0 N–H and O–H groups in total. The number of carbonyl (C=O) groups is 2. The van der Waals surface area contributed by atoms with Gasteiger partial charge >= 0.3 is 0 Å². The van der Waals surface area contributed by atoms with Gasteiger partial charge in [-0.3, -0.25) is 14.5 Å². The van der Waals surface area contributed by atoms with Gasteiger partial charge in [-0.2, -0.15) is 0 Å². The van der Waals surface area contributed by atoms with Gasteiger partial charge in [-0.05, 0) is 31.1 Å². The fourth-order valence-electron chi connectivity index (χ4n) is 1.98. The lowest BCUT2D eigenvalue weighted by atomic mass is 10.1. The minimum atomic E-state index is 0.0322. The van der Waals surface area contributed by atoms with E-state index in [9.17, 15) is 9.59 Å². The van der Waals surface area contributed by atoms with Gasteiger partial charge in [0.2, 0.25) is 11.8 Å². The molecule has 3 nitrogen and oxygen atoms in total. The van der Waals surface area contributed by atoms with Crippen LogP contribution in [0.15, 0.2) is 0 Å². The van der Waals surface area contributed by atoms with Crippen LogP contribution in [0.5, 0.6) is 0 Å². The second-order valence-corrected chi connectivity index (χ2v) is 5.28. The first-order valence-electron chi connectivity index (χ1n) is 5.56. The van der Waals surface area contributed by atoms with Crippen molar-refractivity contribution in [3.05, 3.63) is 0 Å². The number of hydrogen-bond donors (Lipinski definition) is 0.